The molecule has 1 heterocycles. The summed E-state index contributed by atoms with van der Waals surface area (Å²) in [7, 11) is -1.88. The van der Waals surface area contributed by atoms with Crippen molar-refractivity contribution in [1.82, 2.24) is 15.4 Å². The lowest BCUT2D eigenvalue weighted by molar-refractivity contribution is -0.123. The van der Waals surface area contributed by atoms with Gasteiger partial charge in [0.1, 0.15) is 0 Å². The molecule has 1 aliphatic heterocycles. The second-order valence-electron chi connectivity index (χ2n) is 4.52. The van der Waals surface area contributed by atoms with Crippen molar-refractivity contribution in [1.29, 1.82) is 0 Å². The minimum atomic E-state index is -3.24. The predicted molar refractivity (Wildman–Crippen MR) is 70.7 cm³/mol. The highest BCUT2D eigenvalue weighted by Crippen LogP contribution is 2.09. The van der Waals surface area contributed by atoms with Gasteiger partial charge in [-0.15, -0.1) is 0 Å². The van der Waals surface area contributed by atoms with Crippen LogP contribution in [0.3, 0.4) is 0 Å². The van der Waals surface area contributed by atoms with Gasteiger partial charge in [0.25, 0.3) is 0 Å². The van der Waals surface area contributed by atoms with Gasteiger partial charge < -0.3 is 10.6 Å². The highest BCUT2D eigenvalue weighted by atomic mass is 32.2. The number of carbonyl (C=O) groups excluding carboxylic acids is 1. The Morgan fingerprint density at radius 3 is 2.72 bits per heavy atom. The van der Waals surface area contributed by atoms with Gasteiger partial charge in [-0.3, -0.25) is 4.79 Å². The normalized spacial score (nSPS) is 21.9. The van der Waals surface area contributed by atoms with E-state index in [-0.39, 0.29) is 24.2 Å². The summed E-state index contributed by atoms with van der Waals surface area (Å²) in [6.07, 6.45) is 5.34. The maximum absolute atomic E-state index is 11.8. The molecule has 0 aromatic heterocycles. The molecule has 0 aromatic carbocycles. The van der Waals surface area contributed by atoms with Crippen LogP contribution in [0.2, 0.25) is 0 Å². The summed E-state index contributed by atoms with van der Waals surface area (Å²) in [5.74, 6) is -0.176. The average Bonchev–Trinajstić information content (AvgIpc) is 2.28. The van der Waals surface area contributed by atoms with Gasteiger partial charge in [0.15, 0.2) is 0 Å². The predicted octanol–water partition coefficient (Wildman–Crippen LogP) is -0.426. The molecule has 1 atom stereocenters. The Kier molecular flexibility index (Phi) is 6.59. The van der Waals surface area contributed by atoms with E-state index >= 15 is 0 Å². The Balaban J connectivity index is 2.30. The maximum atomic E-state index is 11.8. The van der Waals surface area contributed by atoms with Crippen molar-refractivity contribution >= 4 is 15.9 Å². The molecule has 0 aliphatic carbocycles. The fourth-order valence-electron chi connectivity index (χ4n) is 1.96. The number of sulfonamides is 1. The van der Waals surface area contributed by atoms with Crippen LogP contribution in [0.1, 0.15) is 32.1 Å². The molecule has 0 saturated carbocycles. The number of hydrogen-bond donors (Lipinski definition) is 3. The lowest BCUT2D eigenvalue weighted by Gasteiger charge is -2.20. The molecule has 0 bridgehead atoms. The molecule has 1 fully saturated rings. The van der Waals surface area contributed by atoms with E-state index in [1.54, 1.807) is 0 Å². The lowest BCUT2D eigenvalue weighted by atomic mass is 10.0. The van der Waals surface area contributed by atoms with E-state index in [9.17, 15) is 13.2 Å². The Bertz CT molecular complexity index is 349. The first kappa shape index (κ1) is 15.4. The van der Waals surface area contributed by atoms with Gasteiger partial charge in [0.2, 0.25) is 15.9 Å². The number of nitrogens with one attached hydrogen (secondary N) is 3. The standard InChI is InChI=1S/C11H23N3O3S/c1-12-18(16,17)9-8-14-11(15)10-6-4-2-3-5-7-13-10/h10,12-13H,2-9H2,1H3,(H,14,15). The van der Waals surface area contributed by atoms with Crippen molar-refractivity contribution in [3.63, 3.8) is 0 Å². The molecule has 1 unspecified atom stereocenters. The summed E-state index contributed by atoms with van der Waals surface area (Å²) in [6.45, 7) is 1.01. The average molecular weight is 277 g/mol. The number of amides is 1. The molecule has 0 aromatic rings. The summed E-state index contributed by atoms with van der Waals surface area (Å²) in [6, 6.07) is -0.178. The minimum Gasteiger partial charge on any atom is -0.354 e. The minimum absolute atomic E-state index is 0.0814. The van der Waals surface area contributed by atoms with Gasteiger partial charge in [-0.1, -0.05) is 19.3 Å². The third-order valence-electron chi connectivity index (χ3n) is 3.11. The third kappa shape index (κ3) is 5.79. The Morgan fingerprint density at radius 1 is 1.28 bits per heavy atom. The molecule has 7 heteroatoms. The quantitative estimate of drug-likeness (QED) is 0.636. The first-order valence-corrected chi connectivity index (χ1v) is 8.13. The first-order valence-electron chi connectivity index (χ1n) is 6.47. The summed E-state index contributed by atoms with van der Waals surface area (Å²) >= 11 is 0. The van der Waals surface area contributed by atoms with Crippen molar-refractivity contribution in [2.24, 2.45) is 0 Å². The zero-order valence-electron chi connectivity index (χ0n) is 10.9. The number of carbonyl (C=O) groups is 1. The van der Waals surface area contributed by atoms with E-state index in [4.69, 9.17) is 0 Å². The highest BCUT2D eigenvalue weighted by Gasteiger charge is 2.18. The summed E-state index contributed by atoms with van der Waals surface area (Å²) < 4.78 is 24.6. The molecular weight excluding hydrogens is 254 g/mol. The van der Waals surface area contributed by atoms with Crippen molar-refractivity contribution in [2.45, 2.75) is 38.1 Å². The van der Waals surface area contributed by atoms with E-state index in [0.29, 0.717) is 0 Å². The van der Waals surface area contributed by atoms with Crippen molar-refractivity contribution in [3.8, 4) is 0 Å². The van der Waals surface area contributed by atoms with Gasteiger partial charge in [-0.25, -0.2) is 13.1 Å². The summed E-state index contributed by atoms with van der Waals surface area (Å²) in [5.41, 5.74) is 0. The Morgan fingerprint density at radius 2 is 2.00 bits per heavy atom. The number of rotatable bonds is 5. The second-order valence-corrected chi connectivity index (χ2v) is 6.57. The van der Waals surface area contributed by atoms with Gasteiger partial charge in [0.05, 0.1) is 11.8 Å². The first-order chi connectivity index (χ1) is 8.55. The largest absolute Gasteiger partial charge is 0.354 e. The summed E-state index contributed by atoms with van der Waals surface area (Å²) in [4.78, 5) is 11.8. The molecule has 6 nitrogen and oxygen atoms in total. The van der Waals surface area contributed by atoms with E-state index in [2.05, 4.69) is 15.4 Å². The molecule has 106 valence electrons. The molecular formula is C11H23N3O3S. The van der Waals surface area contributed by atoms with Gasteiger partial charge >= 0.3 is 0 Å². The third-order valence-corrected chi connectivity index (χ3v) is 4.47. The van der Waals surface area contributed by atoms with Crippen LogP contribution in [0.5, 0.6) is 0 Å². The van der Waals surface area contributed by atoms with Crippen LogP contribution < -0.4 is 15.4 Å². The SMILES string of the molecule is CNS(=O)(=O)CCNC(=O)C1CCCCCCN1. The van der Waals surface area contributed by atoms with Crippen LogP contribution in [-0.2, 0) is 14.8 Å². The monoisotopic (exact) mass is 277 g/mol. The molecule has 0 radical (unpaired) electrons. The fourth-order valence-corrected chi connectivity index (χ4v) is 2.54. The molecule has 1 amide bonds. The second kappa shape index (κ2) is 7.70. The maximum Gasteiger partial charge on any atom is 0.237 e. The van der Waals surface area contributed by atoms with E-state index in [1.807, 2.05) is 0 Å². The smallest absolute Gasteiger partial charge is 0.237 e. The molecule has 1 rings (SSSR count). The Labute approximate surface area is 109 Å². The molecule has 0 spiro atoms. The van der Waals surface area contributed by atoms with Crippen molar-refractivity contribution in [2.75, 3.05) is 25.9 Å². The molecule has 1 saturated heterocycles. The van der Waals surface area contributed by atoms with Gasteiger partial charge in [-0.05, 0) is 26.4 Å². The van der Waals surface area contributed by atoms with Crippen LogP contribution in [0.25, 0.3) is 0 Å². The highest BCUT2D eigenvalue weighted by molar-refractivity contribution is 7.89. The molecule has 18 heavy (non-hydrogen) atoms. The van der Waals surface area contributed by atoms with E-state index in [0.717, 1.165) is 25.8 Å². The lowest BCUT2D eigenvalue weighted by Crippen LogP contribution is -2.46. The van der Waals surface area contributed by atoms with Crippen LogP contribution in [-0.4, -0.2) is 46.3 Å². The van der Waals surface area contributed by atoms with Crippen LogP contribution in [0.15, 0.2) is 0 Å². The van der Waals surface area contributed by atoms with Gasteiger partial charge in [0, 0.05) is 6.54 Å². The van der Waals surface area contributed by atoms with Crippen molar-refractivity contribution in [3.05, 3.63) is 0 Å². The zero-order chi connectivity index (χ0) is 13.4. The summed E-state index contributed by atoms with van der Waals surface area (Å²) in [5, 5.41) is 5.88. The zero-order valence-corrected chi connectivity index (χ0v) is 11.7. The molecule has 1 aliphatic rings. The molecule has 3 N–H and O–H groups in total. The van der Waals surface area contributed by atoms with Crippen LogP contribution in [0, 0.1) is 0 Å². The van der Waals surface area contributed by atoms with Crippen molar-refractivity contribution < 1.29 is 13.2 Å². The van der Waals surface area contributed by atoms with Crippen LogP contribution in [0.4, 0.5) is 0 Å². The van der Waals surface area contributed by atoms with Gasteiger partial charge in [-0.2, -0.15) is 0 Å². The van der Waals surface area contributed by atoms with Crippen LogP contribution >= 0.6 is 0 Å². The van der Waals surface area contributed by atoms with E-state index < -0.39 is 10.0 Å². The fraction of sp³-hybridized carbons (Fsp3) is 0.909. The number of hydrogen-bond acceptors (Lipinski definition) is 4. The van der Waals surface area contributed by atoms with E-state index in [1.165, 1.54) is 19.9 Å². The topological polar surface area (TPSA) is 87.3 Å². The Hall–Kier alpha value is -0.660.